The third kappa shape index (κ3) is 2.79. The fraction of sp³-hybridized carbons (Fsp3) is 0.500. The maximum atomic E-state index is 11.1. The summed E-state index contributed by atoms with van der Waals surface area (Å²) in [5, 5.41) is 8.78. The maximum Gasteiger partial charge on any atom is 0.372 e. The number of carboxylic acids is 1. The molecule has 0 aliphatic heterocycles. The Hall–Kier alpha value is -1.37. The van der Waals surface area contributed by atoms with Gasteiger partial charge < -0.3 is 9.67 Å². The first-order valence-corrected chi connectivity index (χ1v) is 6.36. The smallest absolute Gasteiger partial charge is 0.372 e. The number of carboxylic acid groups (broad SMARTS) is 1. The van der Waals surface area contributed by atoms with Crippen molar-refractivity contribution in [3.05, 3.63) is 17.7 Å². The zero-order chi connectivity index (χ0) is 11.6. The third-order valence-corrected chi connectivity index (χ3v) is 2.68. The molecule has 1 rings (SSSR count). The van der Waals surface area contributed by atoms with Gasteiger partial charge in [0.1, 0.15) is 0 Å². The highest BCUT2D eigenvalue weighted by Gasteiger charge is 2.17. The topological polar surface area (TPSA) is 89.3 Å². The predicted octanol–water partition coefficient (Wildman–Crippen LogP) is 0.146. The fourth-order valence-electron chi connectivity index (χ4n) is 1.32. The molecule has 0 aliphatic carbocycles. The average molecular weight is 232 g/mol. The molecule has 1 heterocycles. The van der Waals surface area contributed by atoms with Crippen LogP contribution < -0.4 is 0 Å². The summed E-state index contributed by atoms with van der Waals surface area (Å²) in [5.41, 5.74) is 0.400. The Balaban J connectivity index is 3.16. The van der Waals surface area contributed by atoms with E-state index in [1.165, 1.54) is 10.8 Å². The largest absolute Gasteiger partial charge is 0.475 e. The number of aromatic nitrogens is 2. The number of sulfone groups is 1. The van der Waals surface area contributed by atoms with Crippen molar-refractivity contribution < 1.29 is 18.3 Å². The van der Waals surface area contributed by atoms with E-state index in [4.69, 9.17) is 5.11 Å². The molecule has 0 aromatic carbocycles. The second kappa shape index (κ2) is 4.01. The Morgan fingerprint density at radius 1 is 1.60 bits per heavy atom. The number of imidazole rings is 1. The number of aromatic carboxylic acids is 1. The zero-order valence-electron chi connectivity index (χ0n) is 8.47. The Kier molecular flexibility index (Phi) is 3.13. The van der Waals surface area contributed by atoms with Crippen molar-refractivity contribution in [1.29, 1.82) is 0 Å². The fourth-order valence-corrected chi connectivity index (χ4v) is 2.09. The minimum Gasteiger partial charge on any atom is -0.475 e. The summed E-state index contributed by atoms with van der Waals surface area (Å²) in [5.74, 6) is -1.48. The SMILES string of the molecule is CCn1c(CS(C)(=O)=O)cnc1C(=O)O. The van der Waals surface area contributed by atoms with Crippen LogP contribution >= 0.6 is 0 Å². The normalized spacial score (nSPS) is 11.6. The minimum atomic E-state index is -3.18. The van der Waals surface area contributed by atoms with Crippen LogP contribution in [0.4, 0.5) is 0 Å². The quantitative estimate of drug-likeness (QED) is 0.797. The molecule has 15 heavy (non-hydrogen) atoms. The van der Waals surface area contributed by atoms with E-state index in [1.807, 2.05) is 0 Å². The molecular weight excluding hydrogens is 220 g/mol. The molecule has 7 heteroatoms. The Bertz CT molecular complexity index is 475. The lowest BCUT2D eigenvalue weighted by molar-refractivity contribution is 0.0678. The van der Waals surface area contributed by atoms with Gasteiger partial charge in [-0.25, -0.2) is 18.2 Å². The van der Waals surface area contributed by atoms with Crippen molar-refractivity contribution >= 4 is 15.8 Å². The van der Waals surface area contributed by atoms with Gasteiger partial charge in [0.05, 0.1) is 17.6 Å². The van der Waals surface area contributed by atoms with Crippen molar-refractivity contribution in [2.24, 2.45) is 0 Å². The lowest BCUT2D eigenvalue weighted by Crippen LogP contribution is -2.13. The highest BCUT2D eigenvalue weighted by Crippen LogP contribution is 2.09. The van der Waals surface area contributed by atoms with Gasteiger partial charge in [-0.3, -0.25) is 0 Å². The minimum absolute atomic E-state index is 0.129. The van der Waals surface area contributed by atoms with Crippen LogP contribution in [0.2, 0.25) is 0 Å². The molecule has 0 unspecified atom stereocenters. The van der Waals surface area contributed by atoms with E-state index in [2.05, 4.69) is 4.98 Å². The van der Waals surface area contributed by atoms with Gasteiger partial charge in [-0.1, -0.05) is 0 Å². The predicted molar refractivity (Wildman–Crippen MR) is 53.4 cm³/mol. The van der Waals surface area contributed by atoms with Gasteiger partial charge in [0.15, 0.2) is 9.84 Å². The van der Waals surface area contributed by atoms with Gasteiger partial charge in [0.25, 0.3) is 0 Å². The average Bonchev–Trinajstić information content (AvgIpc) is 2.44. The Morgan fingerprint density at radius 2 is 2.20 bits per heavy atom. The summed E-state index contributed by atoms with van der Waals surface area (Å²) in [6.07, 6.45) is 2.38. The lowest BCUT2D eigenvalue weighted by atomic mass is 10.5. The van der Waals surface area contributed by atoms with Gasteiger partial charge in [0, 0.05) is 12.8 Å². The summed E-state index contributed by atoms with van der Waals surface area (Å²) < 4.78 is 23.5. The van der Waals surface area contributed by atoms with Crippen molar-refractivity contribution in [2.45, 2.75) is 19.2 Å². The van der Waals surface area contributed by atoms with Crippen molar-refractivity contribution in [3.8, 4) is 0 Å². The number of rotatable bonds is 4. The first kappa shape index (κ1) is 11.7. The lowest BCUT2D eigenvalue weighted by Gasteiger charge is -2.05. The monoisotopic (exact) mass is 232 g/mol. The summed E-state index contributed by atoms with van der Waals surface area (Å²) in [7, 11) is -3.18. The van der Waals surface area contributed by atoms with Crippen LogP contribution in [0.3, 0.4) is 0 Å². The molecule has 0 saturated carbocycles. The molecule has 0 saturated heterocycles. The van der Waals surface area contributed by atoms with E-state index in [1.54, 1.807) is 6.92 Å². The third-order valence-electron chi connectivity index (χ3n) is 1.86. The standard InChI is InChI=1S/C8H12N2O4S/c1-3-10-6(5-15(2,13)14)4-9-7(10)8(11)12/h4H,3,5H2,1-2H3,(H,11,12). The molecular formula is C8H12N2O4S. The number of nitrogens with zero attached hydrogens (tertiary/aromatic N) is 2. The summed E-state index contributed by atoms with van der Waals surface area (Å²) in [4.78, 5) is 14.4. The molecule has 0 radical (unpaired) electrons. The van der Waals surface area contributed by atoms with Crippen molar-refractivity contribution in [2.75, 3.05) is 6.26 Å². The molecule has 0 bridgehead atoms. The molecule has 84 valence electrons. The summed E-state index contributed by atoms with van der Waals surface area (Å²) in [6, 6.07) is 0. The van der Waals surface area contributed by atoms with Crippen LogP contribution in [0.25, 0.3) is 0 Å². The van der Waals surface area contributed by atoms with Crippen LogP contribution in [0, 0.1) is 0 Å². The molecule has 6 nitrogen and oxygen atoms in total. The van der Waals surface area contributed by atoms with Crippen molar-refractivity contribution in [1.82, 2.24) is 9.55 Å². The molecule has 1 aromatic heterocycles. The number of carbonyl (C=O) groups is 1. The van der Waals surface area contributed by atoms with Crippen LogP contribution in [0.5, 0.6) is 0 Å². The van der Waals surface area contributed by atoms with Gasteiger partial charge in [-0.05, 0) is 6.92 Å². The van der Waals surface area contributed by atoms with E-state index in [0.29, 0.717) is 12.2 Å². The molecule has 0 atom stereocenters. The Labute approximate surface area is 87.5 Å². The molecule has 0 fully saturated rings. The summed E-state index contributed by atoms with van der Waals surface area (Å²) >= 11 is 0. The van der Waals surface area contributed by atoms with Crippen LogP contribution in [-0.2, 0) is 22.1 Å². The highest BCUT2D eigenvalue weighted by molar-refractivity contribution is 7.89. The molecule has 0 spiro atoms. The number of hydrogen-bond acceptors (Lipinski definition) is 4. The van der Waals surface area contributed by atoms with E-state index in [-0.39, 0.29) is 11.6 Å². The second-order valence-electron chi connectivity index (χ2n) is 3.19. The molecule has 0 aliphatic rings. The van der Waals surface area contributed by atoms with Crippen molar-refractivity contribution in [3.63, 3.8) is 0 Å². The first-order valence-electron chi connectivity index (χ1n) is 4.30. The summed E-state index contributed by atoms with van der Waals surface area (Å²) in [6.45, 7) is 2.12. The van der Waals surface area contributed by atoms with Crippen LogP contribution in [0.1, 0.15) is 23.2 Å². The van der Waals surface area contributed by atoms with Gasteiger partial charge in [-0.2, -0.15) is 0 Å². The zero-order valence-corrected chi connectivity index (χ0v) is 9.28. The maximum absolute atomic E-state index is 11.1. The second-order valence-corrected chi connectivity index (χ2v) is 5.33. The van der Waals surface area contributed by atoms with Gasteiger partial charge in [0.2, 0.25) is 5.82 Å². The number of hydrogen-bond donors (Lipinski definition) is 1. The highest BCUT2D eigenvalue weighted by atomic mass is 32.2. The van der Waals surface area contributed by atoms with Crippen LogP contribution in [-0.4, -0.2) is 35.3 Å². The van der Waals surface area contributed by atoms with Gasteiger partial charge in [-0.15, -0.1) is 0 Å². The van der Waals surface area contributed by atoms with E-state index in [9.17, 15) is 13.2 Å². The van der Waals surface area contributed by atoms with E-state index >= 15 is 0 Å². The molecule has 0 amide bonds. The molecule has 1 aromatic rings. The van der Waals surface area contributed by atoms with E-state index in [0.717, 1.165) is 6.26 Å². The Morgan fingerprint density at radius 3 is 2.60 bits per heavy atom. The van der Waals surface area contributed by atoms with Crippen LogP contribution in [0.15, 0.2) is 6.20 Å². The molecule has 1 N–H and O–H groups in total. The van der Waals surface area contributed by atoms with E-state index < -0.39 is 15.8 Å². The van der Waals surface area contributed by atoms with Gasteiger partial charge >= 0.3 is 5.97 Å². The first-order chi connectivity index (χ1) is 6.85.